The molecule has 1 aliphatic heterocycles. The maximum Gasteiger partial charge on any atom is 0.162 e. The molecule has 0 fully saturated rings. The van der Waals surface area contributed by atoms with E-state index < -0.39 is 8.07 Å². The third kappa shape index (κ3) is 8.25. The Kier molecular flexibility index (Phi) is 13.4. The van der Waals surface area contributed by atoms with Crippen molar-refractivity contribution in [2.45, 2.75) is 113 Å². The van der Waals surface area contributed by atoms with E-state index in [0.717, 1.165) is 60.1 Å². The summed E-state index contributed by atoms with van der Waals surface area (Å²) in [5.41, 5.74) is 6.78. The van der Waals surface area contributed by atoms with Crippen LogP contribution in [0.2, 0.25) is 13.1 Å². The zero-order valence-corrected chi connectivity index (χ0v) is 36.6. The van der Waals surface area contributed by atoms with Crippen LogP contribution in [0.3, 0.4) is 0 Å². The van der Waals surface area contributed by atoms with Crippen molar-refractivity contribution in [2.75, 3.05) is 0 Å². The Balaban J connectivity index is 0.000000323. The summed E-state index contributed by atoms with van der Waals surface area (Å²) in [7, 11) is -1.90. The summed E-state index contributed by atoms with van der Waals surface area (Å²) >= 11 is 0. The van der Waals surface area contributed by atoms with Gasteiger partial charge in [-0.15, -0.1) is 29.1 Å². The van der Waals surface area contributed by atoms with Gasteiger partial charge in [-0.1, -0.05) is 117 Å². The third-order valence-corrected chi connectivity index (χ3v) is 14.3. The molecule has 1 N–H and O–H groups in total. The molecule has 0 saturated carbocycles. The molecule has 52 heavy (non-hydrogen) atoms. The maximum absolute atomic E-state index is 11.7. The SMILES string of the molecule is CC(C)Cc1ccc2c(c1)-c1oc3c(-c4[c-]c5ccccc5c(C(C)(C)C)c4)nccc3c1[Si]2(C)C.CCC(CC)C(=O)/C=C(\O)C(CC)CC.[Ir]. The quantitative estimate of drug-likeness (QED) is 0.0657. The Morgan fingerprint density at radius 1 is 0.923 bits per heavy atom. The number of aliphatic hydroxyl groups excluding tert-OH is 1. The van der Waals surface area contributed by atoms with Gasteiger partial charge in [0, 0.05) is 60.9 Å². The van der Waals surface area contributed by atoms with Crippen LogP contribution in [0.5, 0.6) is 0 Å². The summed E-state index contributed by atoms with van der Waals surface area (Å²) in [6.07, 6.45) is 7.94. The molecule has 0 unspecified atom stereocenters. The predicted molar refractivity (Wildman–Crippen MR) is 219 cm³/mol. The van der Waals surface area contributed by atoms with Crippen molar-refractivity contribution < 1.29 is 34.4 Å². The Morgan fingerprint density at radius 2 is 1.58 bits per heavy atom. The van der Waals surface area contributed by atoms with E-state index in [-0.39, 0.29) is 48.9 Å². The van der Waals surface area contributed by atoms with Gasteiger partial charge in [-0.2, -0.15) is 0 Å². The number of hydrogen-bond acceptors (Lipinski definition) is 4. The maximum atomic E-state index is 11.7. The minimum atomic E-state index is -1.90. The molecule has 1 radical (unpaired) electrons. The van der Waals surface area contributed by atoms with Crippen LogP contribution in [0, 0.1) is 23.8 Å². The number of pyridine rings is 1. The van der Waals surface area contributed by atoms with E-state index in [1.54, 1.807) is 0 Å². The van der Waals surface area contributed by atoms with Crippen LogP contribution in [-0.2, 0) is 36.7 Å². The number of aromatic nitrogens is 1. The van der Waals surface area contributed by atoms with Crippen molar-refractivity contribution in [1.82, 2.24) is 4.98 Å². The second-order valence-corrected chi connectivity index (χ2v) is 20.6. The number of allylic oxidation sites excluding steroid dienone is 2. The van der Waals surface area contributed by atoms with Gasteiger partial charge in [0.1, 0.15) is 19.4 Å². The first kappa shape index (κ1) is 41.4. The first-order chi connectivity index (χ1) is 24.2. The number of furan rings is 1. The van der Waals surface area contributed by atoms with Crippen LogP contribution in [0.1, 0.15) is 99.1 Å². The summed E-state index contributed by atoms with van der Waals surface area (Å²) in [5.74, 6) is 2.24. The monoisotopic (exact) mass is 893 g/mol. The Labute approximate surface area is 326 Å². The van der Waals surface area contributed by atoms with Crippen LogP contribution in [0.4, 0.5) is 0 Å². The van der Waals surface area contributed by atoms with Gasteiger partial charge in [-0.05, 0) is 71.5 Å². The molecule has 4 nitrogen and oxygen atoms in total. The number of carbonyl (C=O) groups is 1. The molecule has 3 heterocycles. The number of nitrogens with zero attached hydrogens (tertiary/aromatic N) is 1. The molecular formula is C46H58IrNO3Si-. The summed E-state index contributed by atoms with van der Waals surface area (Å²) in [4.78, 5) is 16.6. The largest absolute Gasteiger partial charge is 0.512 e. The zero-order chi connectivity index (χ0) is 37.2. The number of hydrogen-bond donors (Lipinski definition) is 1. The van der Waals surface area contributed by atoms with E-state index in [1.807, 2.05) is 33.9 Å². The van der Waals surface area contributed by atoms with Crippen molar-refractivity contribution in [3.05, 3.63) is 89.8 Å². The molecule has 0 atom stereocenters. The van der Waals surface area contributed by atoms with Crippen molar-refractivity contribution in [2.24, 2.45) is 17.8 Å². The minimum Gasteiger partial charge on any atom is -0.512 e. The van der Waals surface area contributed by atoms with Crippen LogP contribution in [0.15, 0.2) is 77.0 Å². The topological polar surface area (TPSA) is 63.3 Å². The summed E-state index contributed by atoms with van der Waals surface area (Å²) in [5, 5.41) is 16.2. The van der Waals surface area contributed by atoms with Crippen LogP contribution < -0.4 is 10.4 Å². The van der Waals surface area contributed by atoms with Gasteiger partial charge >= 0.3 is 0 Å². The molecule has 0 amide bonds. The van der Waals surface area contributed by atoms with E-state index in [9.17, 15) is 9.90 Å². The molecule has 5 aromatic rings. The normalized spacial score (nSPS) is 13.7. The van der Waals surface area contributed by atoms with Crippen molar-refractivity contribution in [3.63, 3.8) is 0 Å². The Hall–Kier alpha value is -3.31. The van der Waals surface area contributed by atoms with E-state index in [0.29, 0.717) is 5.92 Å². The van der Waals surface area contributed by atoms with E-state index in [4.69, 9.17) is 9.40 Å². The standard InChI is InChI=1S/C33H34NOSi.C13H24O2.Ir/c1-20(2)16-21-12-13-28-26(17-21)31-32(36(28,6)7)25-14-15-34-29(30(25)35-31)23-18-22-10-8-9-11-24(22)27(19-23)33(3,4)5;1-5-10(6-2)12(14)9-13(15)11(7-3)8-4;/h8-15,17,19-20H,16H2,1-7H3;9-11,14H,5-8H2,1-4H3;/q-1;;/b;12-9-;. The van der Waals surface area contributed by atoms with Crippen LogP contribution >= 0.6 is 0 Å². The molecule has 279 valence electrons. The summed E-state index contributed by atoms with van der Waals surface area (Å²) in [6.45, 7) is 24.4. The number of fused-ring (bicyclic) bond motifs is 6. The van der Waals surface area contributed by atoms with Crippen molar-refractivity contribution in [1.29, 1.82) is 0 Å². The van der Waals surface area contributed by atoms with E-state index in [1.165, 1.54) is 43.9 Å². The van der Waals surface area contributed by atoms with Gasteiger partial charge in [0.15, 0.2) is 5.78 Å². The zero-order valence-electron chi connectivity index (χ0n) is 33.2. The number of rotatable bonds is 10. The summed E-state index contributed by atoms with van der Waals surface area (Å²) in [6, 6.07) is 23.7. The fourth-order valence-corrected chi connectivity index (χ4v) is 11.1. The minimum absolute atomic E-state index is 0. The Bertz CT molecular complexity index is 2060. The van der Waals surface area contributed by atoms with Crippen molar-refractivity contribution in [3.8, 4) is 22.6 Å². The van der Waals surface area contributed by atoms with E-state index >= 15 is 0 Å². The average molecular weight is 893 g/mol. The smallest absolute Gasteiger partial charge is 0.162 e. The molecule has 0 aliphatic carbocycles. The number of carbonyl (C=O) groups excluding carboxylic acids is 1. The van der Waals surface area contributed by atoms with Gasteiger partial charge in [-0.3, -0.25) is 9.78 Å². The summed E-state index contributed by atoms with van der Waals surface area (Å²) < 4.78 is 6.81. The van der Waals surface area contributed by atoms with E-state index in [2.05, 4.69) is 108 Å². The molecule has 6 rings (SSSR count). The first-order valence-electron chi connectivity index (χ1n) is 19.1. The third-order valence-electron chi connectivity index (χ3n) is 10.8. The fourth-order valence-electron chi connectivity index (χ4n) is 7.84. The number of benzene rings is 3. The molecule has 0 bridgehead atoms. The molecule has 1 aliphatic rings. The van der Waals surface area contributed by atoms with Gasteiger partial charge in [-0.25, -0.2) is 0 Å². The fraction of sp³-hybridized carbons (Fsp3) is 0.435. The van der Waals surface area contributed by atoms with Gasteiger partial charge in [0.05, 0.1) is 5.76 Å². The molecular weight excluding hydrogens is 835 g/mol. The number of aliphatic hydroxyl groups is 1. The first-order valence-corrected chi connectivity index (χ1v) is 22.1. The van der Waals surface area contributed by atoms with Crippen molar-refractivity contribution >= 4 is 46.0 Å². The molecule has 3 aromatic carbocycles. The number of ketones is 1. The van der Waals surface area contributed by atoms with Crippen LogP contribution in [0.25, 0.3) is 44.3 Å². The van der Waals surface area contributed by atoms with Crippen LogP contribution in [-0.4, -0.2) is 23.9 Å². The molecule has 0 spiro atoms. The molecule has 0 saturated heterocycles. The van der Waals surface area contributed by atoms with Gasteiger partial charge < -0.3 is 9.52 Å². The molecule has 2 aromatic heterocycles. The average Bonchev–Trinajstić information content (AvgIpc) is 3.58. The molecule has 6 heteroatoms. The Morgan fingerprint density at radius 3 is 2.19 bits per heavy atom. The van der Waals surface area contributed by atoms with Gasteiger partial charge in [0.25, 0.3) is 0 Å². The second kappa shape index (κ2) is 16.8. The second-order valence-electron chi connectivity index (χ2n) is 16.3. The van der Waals surface area contributed by atoms with Gasteiger partial charge in [0.2, 0.25) is 0 Å². The predicted octanol–water partition coefficient (Wildman–Crippen LogP) is 11.6.